The minimum Gasteiger partial charge on any atom is -0.348 e. The Hall–Kier alpha value is -1.84. The van der Waals surface area contributed by atoms with Crippen molar-refractivity contribution >= 4 is 17.5 Å². The number of benzene rings is 2. The van der Waals surface area contributed by atoms with Gasteiger partial charge in [0.15, 0.2) is 0 Å². The van der Waals surface area contributed by atoms with Crippen LogP contribution in [0.4, 0.5) is 0 Å². The second-order valence-electron chi connectivity index (χ2n) is 5.69. The van der Waals surface area contributed by atoms with Crippen LogP contribution in [0.25, 0.3) is 0 Å². The lowest BCUT2D eigenvalue weighted by Gasteiger charge is -2.17. The average Bonchev–Trinajstić information content (AvgIpc) is 2.95. The maximum Gasteiger partial charge on any atom is 0.251 e. The number of rotatable bonds is 4. The zero-order chi connectivity index (χ0) is 15.4. The van der Waals surface area contributed by atoms with E-state index in [2.05, 4.69) is 34.5 Å². The second kappa shape index (κ2) is 6.95. The SMILES string of the molecule is O=C(NC1CCN(Cc2ccccc2)C1)c1cccc(Cl)c1. The van der Waals surface area contributed by atoms with Crippen LogP contribution in [-0.2, 0) is 6.54 Å². The molecule has 1 aliphatic heterocycles. The fourth-order valence-corrected chi connectivity index (χ4v) is 3.02. The molecule has 1 fully saturated rings. The number of carbonyl (C=O) groups excluding carboxylic acids is 1. The Labute approximate surface area is 135 Å². The van der Waals surface area contributed by atoms with Gasteiger partial charge in [0.05, 0.1) is 0 Å². The van der Waals surface area contributed by atoms with Crippen LogP contribution < -0.4 is 5.32 Å². The number of nitrogens with zero attached hydrogens (tertiary/aromatic N) is 1. The van der Waals surface area contributed by atoms with Crippen molar-refractivity contribution in [2.75, 3.05) is 13.1 Å². The second-order valence-corrected chi connectivity index (χ2v) is 6.13. The number of hydrogen-bond donors (Lipinski definition) is 1. The quantitative estimate of drug-likeness (QED) is 0.938. The van der Waals surface area contributed by atoms with Crippen LogP contribution in [0.2, 0.25) is 5.02 Å². The highest BCUT2D eigenvalue weighted by atomic mass is 35.5. The monoisotopic (exact) mass is 314 g/mol. The summed E-state index contributed by atoms with van der Waals surface area (Å²) in [4.78, 5) is 14.6. The Bertz CT molecular complexity index is 645. The fraction of sp³-hybridized carbons (Fsp3) is 0.278. The lowest BCUT2D eigenvalue weighted by Crippen LogP contribution is -2.36. The molecule has 1 amide bonds. The molecule has 2 aromatic carbocycles. The van der Waals surface area contributed by atoms with Crippen LogP contribution in [0, 0.1) is 0 Å². The van der Waals surface area contributed by atoms with Gasteiger partial charge in [-0.25, -0.2) is 0 Å². The van der Waals surface area contributed by atoms with Crippen molar-refractivity contribution in [2.24, 2.45) is 0 Å². The Morgan fingerprint density at radius 2 is 2.00 bits per heavy atom. The molecule has 4 heteroatoms. The summed E-state index contributed by atoms with van der Waals surface area (Å²) in [6.45, 7) is 2.83. The molecule has 114 valence electrons. The highest BCUT2D eigenvalue weighted by Crippen LogP contribution is 2.15. The highest BCUT2D eigenvalue weighted by Gasteiger charge is 2.24. The molecular formula is C18H19ClN2O. The molecule has 1 saturated heterocycles. The molecule has 1 N–H and O–H groups in total. The Kier molecular flexibility index (Phi) is 4.76. The van der Waals surface area contributed by atoms with Crippen molar-refractivity contribution in [2.45, 2.75) is 19.0 Å². The van der Waals surface area contributed by atoms with Gasteiger partial charge in [0, 0.05) is 36.3 Å². The fourth-order valence-electron chi connectivity index (χ4n) is 2.83. The molecule has 3 rings (SSSR count). The predicted molar refractivity (Wildman–Crippen MR) is 89.0 cm³/mol. The van der Waals surface area contributed by atoms with Crippen molar-refractivity contribution < 1.29 is 4.79 Å². The molecule has 0 radical (unpaired) electrons. The molecule has 0 spiro atoms. The molecule has 0 saturated carbocycles. The Morgan fingerprint density at radius 3 is 2.77 bits per heavy atom. The molecular weight excluding hydrogens is 296 g/mol. The first kappa shape index (κ1) is 15.1. The third-order valence-corrected chi connectivity index (χ3v) is 4.18. The van der Waals surface area contributed by atoms with E-state index in [1.807, 2.05) is 6.07 Å². The van der Waals surface area contributed by atoms with E-state index < -0.39 is 0 Å². The maximum absolute atomic E-state index is 12.2. The number of hydrogen-bond acceptors (Lipinski definition) is 2. The van der Waals surface area contributed by atoms with Gasteiger partial charge in [-0.2, -0.15) is 0 Å². The van der Waals surface area contributed by atoms with E-state index in [4.69, 9.17) is 11.6 Å². The topological polar surface area (TPSA) is 32.3 Å². The maximum atomic E-state index is 12.2. The van der Waals surface area contributed by atoms with Gasteiger partial charge in [0.25, 0.3) is 5.91 Å². The third-order valence-electron chi connectivity index (χ3n) is 3.94. The summed E-state index contributed by atoms with van der Waals surface area (Å²) in [5, 5.41) is 3.69. The van der Waals surface area contributed by atoms with E-state index in [9.17, 15) is 4.79 Å². The molecule has 0 bridgehead atoms. The number of amides is 1. The summed E-state index contributed by atoms with van der Waals surface area (Å²) >= 11 is 5.93. The van der Waals surface area contributed by atoms with E-state index >= 15 is 0 Å². The molecule has 1 heterocycles. The van der Waals surface area contributed by atoms with Crippen LogP contribution in [0.3, 0.4) is 0 Å². The molecule has 2 aromatic rings. The van der Waals surface area contributed by atoms with Crippen LogP contribution in [0.5, 0.6) is 0 Å². The van der Waals surface area contributed by atoms with Gasteiger partial charge in [-0.1, -0.05) is 48.0 Å². The zero-order valence-corrected chi connectivity index (χ0v) is 13.1. The van der Waals surface area contributed by atoms with Crippen molar-refractivity contribution in [3.8, 4) is 0 Å². The molecule has 0 aromatic heterocycles. The highest BCUT2D eigenvalue weighted by molar-refractivity contribution is 6.30. The minimum atomic E-state index is -0.0472. The van der Waals surface area contributed by atoms with Gasteiger partial charge in [0.2, 0.25) is 0 Å². The summed E-state index contributed by atoms with van der Waals surface area (Å²) in [7, 11) is 0. The summed E-state index contributed by atoms with van der Waals surface area (Å²) in [6, 6.07) is 17.7. The van der Waals surface area contributed by atoms with Crippen molar-refractivity contribution in [1.29, 1.82) is 0 Å². The zero-order valence-electron chi connectivity index (χ0n) is 12.3. The van der Waals surface area contributed by atoms with Gasteiger partial charge in [-0.05, 0) is 30.2 Å². The third kappa shape index (κ3) is 3.87. The lowest BCUT2D eigenvalue weighted by molar-refractivity contribution is 0.0937. The van der Waals surface area contributed by atoms with E-state index in [1.54, 1.807) is 24.3 Å². The van der Waals surface area contributed by atoms with E-state index in [-0.39, 0.29) is 11.9 Å². The Balaban J connectivity index is 1.54. The van der Waals surface area contributed by atoms with Gasteiger partial charge in [-0.3, -0.25) is 9.69 Å². The largest absolute Gasteiger partial charge is 0.348 e. The average molecular weight is 315 g/mol. The van der Waals surface area contributed by atoms with Crippen LogP contribution in [0.1, 0.15) is 22.3 Å². The first-order chi connectivity index (χ1) is 10.7. The normalized spacial score (nSPS) is 18.3. The smallest absolute Gasteiger partial charge is 0.251 e. The summed E-state index contributed by atoms with van der Waals surface area (Å²) in [6.07, 6.45) is 0.985. The summed E-state index contributed by atoms with van der Waals surface area (Å²) in [5.74, 6) is -0.0472. The van der Waals surface area contributed by atoms with Crippen molar-refractivity contribution in [3.05, 3.63) is 70.7 Å². The lowest BCUT2D eigenvalue weighted by atomic mass is 10.2. The summed E-state index contributed by atoms with van der Waals surface area (Å²) < 4.78 is 0. The predicted octanol–water partition coefficient (Wildman–Crippen LogP) is 3.34. The van der Waals surface area contributed by atoms with Crippen LogP contribution in [-0.4, -0.2) is 29.9 Å². The van der Waals surface area contributed by atoms with E-state index in [0.717, 1.165) is 26.1 Å². The first-order valence-electron chi connectivity index (χ1n) is 7.53. The number of carbonyl (C=O) groups is 1. The van der Waals surface area contributed by atoms with Crippen LogP contribution in [0.15, 0.2) is 54.6 Å². The van der Waals surface area contributed by atoms with Gasteiger partial charge in [-0.15, -0.1) is 0 Å². The van der Waals surface area contributed by atoms with Gasteiger partial charge >= 0.3 is 0 Å². The van der Waals surface area contributed by atoms with Gasteiger partial charge < -0.3 is 5.32 Å². The molecule has 1 aliphatic rings. The van der Waals surface area contributed by atoms with Crippen LogP contribution >= 0.6 is 11.6 Å². The van der Waals surface area contributed by atoms with Gasteiger partial charge in [0.1, 0.15) is 0 Å². The van der Waals surface area contributed by atoms with Crippen molar-refractivity contribution in [3.63, 3.8) is 0 Å². The Morgan fingerprint density at radius 1 is 1.18 bits per heavy atom. The number of nitrogens with one attached hydrogen (secondary N) is 1. The molecule has 1 atom stereocenters. The molecule has 3 nitrogen and oxygen atoms in total. The molecule has 22 heavy (non-hydrogen) atoms. The summed E-state index contributed by atoms with van der Waals surface area (Å²) in [5.41, 5.74) is 1.93. The standard InChI is InChI=1S/C18H19ClN2O/c19-16-8-4-7-15(11-16)18(22)20-17-9-10-21(13-17)12-14-5-2-1-3-6-14/h1-8,11,17H,9-10,12-13H2,(H,20,22). The number of halogens is 1. The molecule has 1 unspecified atom stereocenters. The van der Waals surface area contributed by atoms with E-state index in [0.29, 0.717) is 10.6 Å². The number of likely N-dealkylation sites (tertiary alicyclic amines) is 1. The minimum absolute atomic E-state index is 0.0472. The molecule has 0 aliphatic carbocycles. The van der Waals surface area contributed by atoms with E-state index in [1.165, 1.54) is 5.56 Å². The first-order valence-corrected chi connectivity index (χ1v) is 7.91. The van der Waals surface area contributed by atoms with Crippen molar-refractivity contribution in [1.82, 2.24) is 10.2 Å².